The number of fused-ring (bicyclic) bond motifs is 1. The smallest absolute Gasteiger partial charge is 0.371 e. The van der Waals surface area contributed by atoms with Crippen LogP contribution in [0.5, 0.6) is 5.75 Å². The zero-order valence-corrected chi connectivity index (χ0v) is 22.7. The molecule has 1 unspecified atom stereocenters. The van der Waals surface area contributed by atoms with Gasteiger partial charge >= 0.3 is 6.05 Å². The third kappa shape index (κ3) is 5.09. The molecule has 0 spiro atoms. The third-order valence-electron chi connectivity index (χ3n) is 7.30. The normalized spacial score (nSPS) is 19.2. The lowest BCUT2D eigenvalue weighted by Gasteiger charge is -2.42. The lowest BCUT2D eigenvalue weighted by molar-refractivity contribution is -0.0278. The number of ether oxygens (including phenoxy) is 1. The molecule has 2 aliphatic rings. The summed E-state index contributed by atoms with van der Waals surface area (Å²) in [5.41, 5.74) is 7.61. The van der Waals surface area contributed by atoms with Gasteiger partial charge in [0.25, 0.3) is 0 Å². The highest BCUT2D eigenvalue weighted by atomic mass is 35.5. The third-order valence-corrected chi connectivity index (χ3v) is 7.84. The highest BCUT2D eigenvalue weighted by Crippen LogP contribution is 2.47. The molecule has 5 rings (SSSR count). The van der Waals surface area contributed by atoms with Crippen LogP contribution in [0.25, 0.3) is 5.69 Å². The van der Waals surface area contributed by atoms with Crippen molar-refractivity contribution in [3.05, 3.63) is 76.4 Å². The summed E-state index contributed by atoms with van der Waals surface area (Å²) in [5, 5.41) is 5.24. The zero-order chi connectivity index (χ0) is 26.9. The molecule has 1 saturated carbocycles. The Morgan fingerprint density at radius 3 is 2.53 bits per heavy atom. The Labute approximate surface area is 231 Å². The largest absolute Gasteiger partial charge is 0.497 e. The molecule has 10 heteroatoms. The number of anilines is 2. The quantitative estimate of drug-likeness (QED) is 0.169. The minimum atomic E-state index is -3.40. The highest BCUT2D eigenvalue weighted by molar-refractivity contribution is 6.35. The summed E-state index contributed by atoms with van der Waals surface area (Å²) >= 11 is 12.7. The van der Waals surface area contributed by atoms with Crippen LogP contribution in [0.4, 0.5) is 20.3 Å². The molecule has 1 fully saturated rings. The van der Waals surface area contributed by atoms with Gasteiger partial charge in [-0.25, -0.2) is 10.1 Å². The van der Waals surface area contributed by atoms with Crippen LogP contribution in [0.2, 0.25) is 10.0 Å². The highest BCUT2D eigenvalue weighted by Gasteiger charge is 2.52. The van der Waals surface area contributed by atoms with Gasteiger partial charge in [-0.15, -0.1) is 6.58 Å². The van der Waals surface area contributed by atoms with Crippen molar-refractivity contribution in [2.24, 2.45) is 0 Å². The van der Waals surface area contributed by atoms with Gasteiger partial charge in [0.2, 0.25) is 0 Å². The van der Waals surface area contributed by atoms with Gasteiger partial charge in [-0.05, 0) is 68.1 Å². The van der Waals surface area contributed by atoms with Crippen molar-refractivity contribution in [2.75, 3.05) is 17.4 Å². The predicted molar refractivity (Wildman–Crippen MR) is 149 cm³/mol. The van der Waals surface area contributed by atoms with E-state index in [1.165, 1.54) is 11.1 Å². The van der Waals surface area contributed by atoms with Crippen molar-refractivity contribution in [1.82, 2.24) is 15.2 Å². The number of hydrogen-bond donors (Lipinski definition) is 2. The molecule has 2 heterocycles. The minimum Gasteiger partial charge on any atom is -0.497 e. The lowest BCUT2D eigenvalue weighted by Crippen LogP contribution is -2.51. The van der Waals surface area contributed by atoms with E-state index in [0.717, 1.165) is 30.6 Å². The molecule has 1 aromatic heterocycles. The molecule has 0 radical (unpaired) electrons. The van der Waals surface area contributed by atoms with Crippen LogP contribution in [0.3, 0.4) is 0 Å². The van der Waals surface area contributed by atoms with Crippen molar-refractivity contribution in [3.8, 4) is 11.4 Å². The van der Waals surface area contributed by atoms with Gasteiger partial charge in [-0.3, -0.25) is 0 Å². The Morgan fingerprint density at radius 2 is 1.87 bits per heavy atom. The van der Waals surface area contributed by atoms with Gasteiger partial charge in [0.1, 0.15) is 11.6 Å². The molecule has 1 aliphatic heterocycles. The summed E-state index contributed by atoms with van der Waals surface area (Å²) in [7, 11) is 1.54. The van der Waals surface area contributed by atoms with E-state index in [-0.39, 0.29) is 11.7 Å². The van der Waals surface area contributed by atoms with Crippen molar-refractivity contribution in [2.45, 2.75) is 63.1 Å². The summed E-state index contributed by atoms with van der Waals surface area (Å²) in [4.78, 5) is 1.13. The standard InChI is InChI=1S/C28H31Cl2F2N5O/c1-3-7-21-17-23-26(28(31,32)36(21)20-11-13-22(38-2)14-12-20)35-37(25-15-10-18(29)16-24(25)30)27(23)34-33-19-8-5-4-6-9-19/h3,10-16,19,21,33-34H,1,4-9,17H2,2H3. The molecular formula is C28H31Cl2F2N5O. The summed E-state index contributed by atoms with van der Waals surface area (Å²) in [6.07, 6.45) is 7.90. The second kappa shape index (κ2) is 11.1. The SMILES string of the molecule is C=CCC1Cc2c(nn(-c3ccc(Cl)cc3Cl)c2NNC2CCCCC2)C(F)(F)N1c1ccc(OC)cc1. The van der Waals surface area contributed by atoms with Gasteiger partial charge in [0.05, 0.1) is 17.8 Å². The van der Waals surface area contributed by atoms with Crippen LogP contribution in [0, 0.1) is 0 Å². The second-order valence-corrected chi connectivity index (χ2v) is 10.6. The molecule has 0 saturated heterocycles. The van der Waals surface area contributed by atoms with Gasteiger partial charge < -0.3 is 15.1 Å². The number of hydrogen-bond acceptors (Lipinski definition) is 5. The topological polar surface area (TPSA) is 54.4 Å². The Bertz CT molecular complexity index is 1290. The van der Waals surface area contributed by atoms with Crippen LogP contribution < -0.4 is 20.5 Å². The fourth-order valence-corrected chi connectivity index (χ4v) is 5.91. The van der Waals surface area contributed by atoms with Crippen LogP contribution >= 0.6 is 23.2 Å². The number of nitrogens with zero attached hydrogens (tertiary/aromatic N) is 3. The average molecular weight is 562 g/mol. The molecular weight excluding hydrogens is 531 g/mol. The second-order valence-electron chi connectivity index (χ2n) is 9.78. The van der Waals surface area contributed by atoms with Crippen LogP contribution in [-0.4, -0.2) is 29.0 Å². The van der Waals surface area contributed by atoms with E-state index in [1.54, 1.807) is 55.7 Å². The van der Waals surface area contributed by atoms with Crippen molar-refractivity contribution >= 4 is 34.7 Å². The summed E-state index contributed by atoms with van der Waals surface area (Å²) in [6, 6.07) is 7.89. The first-order chi connectivity index (χ1) is 18.3. The molecule has 1 aliphatic carbocycles. The van der Waals surface area contributed by atoms with Gasteiger partial charge in [-0.1, -0.05) is 48.5 Å². The molecule has 2 aromatic carbocycles. The van der Waals surface area contributed by atoms with E-state index < -0.39 is 12.1 Å². The summed E-state index contributed by atoms with van der Waals surface area (Å²) in [5.74, 6) is 1.05. The molecule has 6 nitrogen and oxygen atoms in total. The number of methoxy groups -OCH3 is 1. The number of aromatic nitrogens is 2. The fourth-order valence-electron chi connectivity index (χ4n) is 5.43. The Hall–Kier alpha value is -2.81. The lowest BCUT2D eigenvalue weighted by atomic mass is 9.93. The monoisotopic (exact) mass is 561 g/mol. The van der Waals surface area contributed by atoms with Crippen molar-refractivity contribution in [1.29, 1.82) is 0 Å². The van der Waals surface area contributed by atoms with Gasteiger partial charge in [-0.2, -0.15) is 13.9 Å². The maximum absolute atomic E-state index is 16.5. The van der Waals surface area contributed by atoms with E-state index in [1.807, 2.05) is 0 Å². The number of alkyl halides is 2. The molecule has 202 valence electrons. The molecule has 2 N–H and O–H groups in total. The minimum absolute atomic E-state index is 0.243. The van der Waals surface area contributed by atoms with E-state index >= 15 is 8.78 Å². The number of benzene rings is 2. The first kappa shape index (κ1) is 26.8. The van der Waals surface area contributed by atoms with Crippen LogP contribution in [0.15, 0.2) is 55.1 Å². The zero-order valence-electron chi connectivity index (χ0n) is 21.2. The van der Waals surface area contributed by atoms with Crippen LogP contribution in [0.1, 0.15) is 49.8 Å². The van der Waals surface area contributed by atoms with Crippen LogP contribution in [-0.2, 0) is 12.5 Å². The average Bonchev–Trinajstić information content (AvgIpc) is 3.27. The summed E-state index contributed by atoms with van der Waals surface area (Å²) in [6.45, 7) is 3.84. The van der Waals surface area contributed by atoms with Crippen molar-refractivity contribution < 1.29 is 13.5 Å². The van der Waals surface area contributed by atoms with E-state index in [9.17, 15) is 0 Å². The van der Waals surface area contributed by atoms with Gasteiger partial charge in [0, 0.05) is 28.4 Å². The first-order valence-electron chi connectivity index (χ1n) is 12.8. The number of rotatable bonds is 8. The summed E-state index contributed by atoms with van der Waals surface area (Å²) < 4.78 is 39.6. The number of nitrogens with one attached hydrogen (secondary N) is 2. The fraction of sp³-hybridized carbons (Fsp3) is 0.393. The molecule has 1 atom stereocenters. The Balaban J connectivity index is 1.62. The molecule has 3 aromatic rings. The first-order valence-corrected chi connectivity index (χ1v) is 13.6. The number of halogens is 4. The number of hydrazine groups is 1. The molecule has 0 bridgehead atoms. The maximum atomic E-state index is 16.5. The molecule has 38 heavy (non-hydrogen) atoms. The maximum Gasteiger partial charge on any atom is 0.371 e. The van der Waals surface area contributed by atoms with E-state index in [2.05, 4.69) is 22.5 Å². The van der Waals surface area contributed by atoms with Gasteiger partial charge in [0.15, 0.2) is 5.69 Å². The Kier molecular flexibility index (Phi) is 7.84. The van der Waals surface area contributed by atoms with E-state index in [0.29, 0.717) is 51.4 Å². The Morgan fingerprint density at radius 1 is 1.13 bits per heavy atom. The predicted octanol–water partition coefficient (Wildman–Crippen LogP) is 7.49. The molecule has 0 amide bonds. The van der Waals surface area contributed by atoms with E-state index in [4.69, 9.17) is 27.9 Å². The van der Waals surface area contributed by atoms with Crippen molar-refractivity contribution in [3.63, 3.8) is 0 Å².